The molecular weight excluding hydrogens is 425 g/mol. The Morgan fingerprint density at radius 3 is 1.54 bits per heavy atom. The topological polar surface area (TPSA) is 32.3 Å². The van der Waals surface area contributed by atoms with Crippen LogP contribution in [0.4, 0.5) is 10.3 Å². The van der Waals surface area contributed by atoms with Crippen LogP contribution in [0.15, 0.2) is 46.2 Å². The van der Waals surface area contributed by atoms with E-state index in [1.54, 1.807) is 46.2 Å². The van der Waals surface area contributed by atoms with Gasteiger partial charge in [-0.1, -0.05) is 22.7 Å². The third-order valence-corrected chi connectivity index (χ3v) is 8.60. The van der Waals surface area contributed by atoms with Gasteiger partial charge >= 0.3 is 0 Å². The van der Waals surface area contributed by atoms with Crippen LogP contribution < -0.4 is 9.80 Å². The number of fused-ring (bicyclic) bond motifs is 2. The van der Waals surface area contributed by atoms with E-state index in [-0.39, 0.29) is 0 Å². The van der Waals surface area contributed by atoms with Crippen LogP contribution in [-0.4, -0.2) is 48.7 Å². The van der Waals surface area contributed by atoms with Crippen LogP contribution in [0.2, 0.25) is 0 Å². The maximum atomic E-state index is 4.86. The summed E-state index contributed by atoms with van der Waals surface area (Å²) < 4.78 is 2.56. The van der Waals surface area contributed by atoms with E-state index in [0.717, 1.165) is 47.5 Å². The van der Waals surface area contributed by atoms with E-state index in [4.69, 9.17) is 9.97 Å². The molecule has 1 aliphatic rings. The Balaban J connectivity index is 1.32. The van der Waals surface area contributed by atoms with Gasteiger partial charge in [-0.2, -0.15) is 0 Å². The Bertz CT molecular complexity index is 1040. The first-order valence-corrected chi connectivity index (χ1v) is 13.2. The van der Waals surface area contributed by atoms with Crippen molar-refractivity contribution in [2.75, 3.05) is 48.5 Å². The van der Waals surface area contributed by atoms with Crippen molar-refractivity contribution in [2.45, 2.75) is 9.79 Å². The largest absolute Gasteiger partial charge is 0.345 e. The Labute approximate surface area is 181 Å². The minimum Gasteiger partial charge on any atom is -0.345 e. The first-order chi connectivity index (χ1) is 13.7. The maximum absolute atomic E-state index is 4.86. The summed E-state index contributed by atoms with van der Waals surface area (Å²) in [5.41, 5.74) is 2.21. The highest BCUT2D eigenvalue weighted by Crippen LogP contribution is 2.34. The molecule has 2 aromatic carbocycles. The third-order valence-electron chi connectivity index (χ3n) is 4.99. The number of thiazole rings is 2. The summed E-state index contributed by atoms with van der Waals surface area (Å²) in [6.07, 6.45) is 4.23. The van der Waals surface area contributed by atoms with E-state index in [1.807, 2.05) is 0 Å². The average molecular weight is 445 g/mol. The van der Waals surface area contributed by atoms with Gasteiger partial charge in [0.15, 0.2) is 10.3 Å². The standard InChI is InChI=1S/C20H20N4S4/c1-25-13-3-5-15-17(11-13)27-19(21-15)23-7-9-24(10-8-23)20-22-16-6-4-14(26-2)12-18(16)28-20/h3-6,11-12H,7-10H2,1-2H3. The van der Waals surface area contributed by atoms with Crippen LogP contribution in [0.3, 0.4) is 0 Å². The van der Waals surface area contributed by atoms with Gasteiger partial charge in [0.1, 0.15) is 0 Å². The van der Waals surface area contributed by atoms with Crippen LogP contribution in [0, 0.1) is 0 Å². The highest BCUT2D eigenvalue weighted by Gasteiger charge is 2.22. The summed E-state index contributed by atoms with van der Waals surface area (Å²) in [5, 5.41) is 2.28. The summed E-state index contributed by atoms with van der Waals surface area (Å²) in [6, 6.07) is 13.1. The molecule has 0 amide bonds. The second-order valence-corrected chi connectivity index (χ2v) is 10.4. The van der Waals surface area contributed by atoms with Crippen molar-refractivity contribution in [1.82, 2.24) is 9.97 Å². The van der Waals surface area contributed by atoms with E-state index < -0.39 is 0 Å². The van der Waals surface area contributed by atoms with Crippen molar-refractivity contribution in [1.29, 1.82) is 0 Å². The Morgan fingerprint density at radius 2 is 1.14 bits per heavy atom. The lowest BCUT2D eigenvalue weighted by Gasteiger charge is -2.34. The molecule has 3 heterocycles. The monoisotopic (exact) mass is 444 g/mol. The number of aromatic nitrogens is 2. The average Bonchev–Trinajstić information content (AvgIpc) is 3.36. The van der Waals surface area contributed by atoms with Crippen molar-refractivity contribution in [2.24, 2.45) is 0 Å². The van der Waals surface area contributed by atoms with E-state index in [0.29, 0.717) is 0 Å². The van der Waals surface area contributed by atoms with E-state index in [9.17, 15) is 0 Å². The number of hydrogen-bond donors (Lipinski definition) is 0. The molecule has 0 saturated carbocycles. The maximum Gasteiger partial charge on any atom is 0.186 e. The lowest BCUT2D eigenvalue weighted by atomic mass is 10.3. The van der Waals surface area contributed by atoms with Crippen molar-refractivity contribution in [3.05, 3.63) is 36.4 Å². The summed E-state index contributed by atoms with van der Waals surface area (Å²) in [4.78, 5) is 17.2. The molecule has 0 N–H and O–H groups in total. The van der Waals surface area contributed by atoms with Gasteiger partial charge in [0, 0.05) is 36.0 Å². The number of nitrogens with zero attached hydrogens (tertiary/aromatic N) is 4. The van der Waals surface area contributed by atoms with Crippen LogP contribution in [-0.2, 0) is 0 Å². The van der Waals surface area contributed by atoms with E-state index >= 15 is 0 Å². The zero-order valence-corrected chi connectivity index (χ0v) is 19.0. The fourth-order valence-corrected chi connectivity index (χ4v) is 6.54. The van der Waals surface area contributed by atoms with Gasteiger partial charge in [0.05, 0.1) is 20.4 Å². The molecular formula is C20H20N4S4. The van der Waals surface area contributed by atoms with Crippen LogP contribution >= 0.6 is 46.2 Å². The summed E-state index contributed by atoms with van der Waals surface area (Å²) in [6.45, 7) is 3.95. The predicted octanol–water partition coefficient (Wildman–Crippen LogP) is 5.68. The minimum atomic E-state index is 0.987. The minimum absolute atomic E-state index is 0.987. The molecule has 1 aliphatic heterocycles. The molecule has 0 atom stereocenters. The number of thioether (sulfide) groups is 2. The number of benzene rings is 2. The lowest BCUT2D eigenvalue weighted by molar-refractivity contribution is 0.651. The van der Waals surface area contributed by atoms with E-state index in [2.05, 4.69) is 58.7 Å². The van der Waals surface area contributed by atoms with Gasteiger partial charge in [-0.3, -0.25) is 0 Å². The number of rotatable bonds is 4. The molecule has 4 nitrogen and oxygen atoms in total. The SMILES string of the molecule is CSc1ccc2nc(N3CCN(c4nc5ccc(SC)cc5s4)CC3)sc2c1. The van der Waals surface area contributed by atoms with Gasteiger partial charge in [0.25, 0.3) is 0 Å². The summed E-state index contributed by atoms with van der Waals surface area (Å²) >= 11 is 7.18. The van der Waals surface area contributed by atoms with E-state index in [1.165, 1.54) is 19.2 Å². The molecule has 1 fully saturated rings. The molecule has 0 radical (unpaired) electrons. The Kier molecular flexibility index (Phi) is 5.13. The first-order valence-electron chi connectivity index (χ1n) is 9.12. The van der Waals surface area contributed by atoms with Crippen LogP contribution in [0.1, 0.15) is 0 Å². The number of piperazine rings is 1. The van der Waals surface area contributed by atoms with Crippen molar-refractivity contribution >= 4 is 76.9 Å². The van der Waals surface area contributed by atoms with Crippen LogP contribution in [0.5, 0.6) is 0 Å². The summed E-state index contributed by atoms with van der Waals surface area (Å²) in [7, 11) is 0. The fourth-order valence-electron chi connectivity index (χ4n) is 3.40. The number of hydrogen-bond acceptors (Lipinski definition) is 8. The molecule has 1 saturated heterocycles. The summed E-state index contributed by atoms with van der Waals surface area (Å²) in [5.74, 6) is 0. The molecule has 0 unspecified atom stereocenters. The Morgan fingerprint density at radius 1 is 0.714 bits per heavy atom. The van der Waals surface area contributed by atoms with Crippen molar-refractivity contribution < 1.29 is 0 Å². The third kappa shape index (κ3) is 3.47. The highest BCUT2D eigenvalue weighted by atomic mass is 32.2. The molecule has 0 bridgehead atoms. The lowest BCUT2D eigenvalue weighted by Crippen LogP contribution is -2.46. The second kappa shape index (κ2) is 7.74. The first kappa shape index (κ1) is 18.5. The smallest absolute Gasteiger partial charge is 0.186 e. The normalized spacial score (nSPS) is 15.1. The van der Waals surface area contributed by atoms with Gasteiger partial charge < -0.3 is 9.80 Å². The molecule has 5 rings (SSSR count). The molecule has 2 aromatic heterocycles. The molecule has 4 aromatic rings. The predicted molar refractivity (Wildman–Crippen MR) is 127 cm³/mol. The van der Waals surface area contributed by atoms with Crippen LogP contribution in [0.25, 0.3) is 20.4 Å². The molecule has 0 aliphatic carbocycles. The van der Waals surface area contributed by atoms with Crippen molar-refractivity contribution in [3.8, 4) is 0 Å². The highest BCUT2D eigenvalue weighted by molar-refractivity contribution is 7.98. The van der Waals surface area contributed by atoms with Gasteiger partial charge in [-0.25, -0.2) is 9.97 Å². The number of anilines is 2. The van der Waals surface area contributed by atoms with Gasteiger partial charge in [-0.05, 0) is 48.9 Å². The van der Waals surface area contributed by atoms with Gasteiger partial charge in [-0.15, -0.1) is 23.5 Å². The Hall–Kier alpha value is -1.48. The molecule has 144 valence electrons. The zero-order chi connectivity index (χ0) is 19.1. The molecule has 28 heavy (non-hydrogen) atoms. The quantitative estimate of drug-likeness (QED) is 0.377. The fraction of sp³-hybridized carbons (Fsp3) is 0.300. The zero-order valence-electron chi connectivity index (χ0n) is 15.7. The van der Waals surface area contributed by atoms with Gasteiger partial charge in [0.2, 0.25) is 0 Å². The molecule has 8 heteroatoms. The second-order valence-electron chi connectivity index (χ2n) is 6.63. The van der Waals surface area contributed by atoms with Crippen molar-refractivity contribution in [3.63, 3.8) is 0 Å². The molecule has 0 spiro atoms.